The summed E-state index contributed by atoms with van der Waals surface area (Å²) in [7, 11) is 0. The van der Waals surface area contributed by atoms with Gasteiger partial charge >= 0.3 is 0 Å². The number of carbonyl (C=O) groups excluding carboxylic acids is 1. The van der Waals surface area contributed by atoms with E-state index >= 15 is 0 Å². The number of aromatic nitrogens is 2. The zero-order chi connectivity index (χ0) is 23.5. The van der Waals surface area contributed by atoms with E-state index in [4.69, 9.17) is 4.74 Å². The van der Waals surface area contributed by atoms with Crippen LogP contribution in [0.3, 0.4) is 0 Å². The van der Waals surface area contributed by atoms with Crippen LogP contribution >= 0.6 is 23.1 Å². The maximum atomic E-state index is 13.4. The molecule has 6 nitrogen and oxygen atoms in total. The Bertz CT molecular complexity index is 1290. The van der Waals surface area contributed by atoms with Gasteiger partial charge in [-0.2, -0.15) is 0 Å². The van der Waals surface area contributed by atoms with Crippen LogP contribution in [-0.4, -0.2) is 47.4 Å². The van der Waals surface area contributed by atoms with Gasteiger partial charge in [-0.3, -0.25) is 4.79 Å². The number of amides is 1. The van der Waals surface area contributed by atoms with Crippen LogP contribution in [0.25, 0.3) is 21.3 Å². The molecule has 9 heteroatoms. The molecular weight excluding hydrogens is 471 g/mol. The van der Waals surface area contributed by atoms with E-state index in [1.165, 1.54) is 41.6 Å². The number of nitrogens with one attached hydrogen (secondary N) is 1. The summed E-state index contributed by atoms with van der Waals surface area (Å²) in [5, 5.41) is 6.24. The van der Waals surface area contributed by atoms with Gasteiger partial charge in [0.2, 0.25) is 5.91 Å². The molecule has 5 rings (SSSR count). The quantitative estimate of drug-likeness (QED) is 0.284. The summed E-state index contributed by atoms with van der Waals surface area (Å²) in [6.45, 7) is 5.07. The zero-order valence-electron chi connectivity index (χ0n) is 18.5. The molecule has 2 aromatic heterocycles. The van der Waals surface area contributed by atoms with E-state index in [9.17, 15) is 9.18 Å². The molecule has 0 aliphatic carbocycles. The molecule has 1 atom stereocenters. The Morgan fingerprint density at radius 3 is 2.59 bits per heavy atom. The van der Waals surface area contributed by atoms with Gasteiger partial charge in [0, 0.05) is 35.4 Å². The first kappa shape index (κ1) is 22.8. The van der Waals surface area contributed by atoms with E-state index in [0.29, 0.717) is 0 Å². The Morgan fingerprint density at radius 2 is 1.85 bits per heavy atom. The highest BCUT2D eigenvalue weighted by molar-refractivity contribution is 8.00. The lowest BCUT2D eigenvalue weighted by molar-refractivity contribution is -0.115. The molecule has 0 unspecified atom stereocenters. The Labute approximate surface area is 205 Å². The van der Waals surface area contributed by atoms with Gasteiger partial charge in [0.05, 0.1) is 23.8 Å². The summed E-state index contributed by atoms with van der Waals surface area (Å²) in [6, 6.07) is 14.3. The molecule has 1 aliphatic rings. The fraction of sp³-hybridized carbons (Fsp3) is 0.240. The number of halogens is 1. The van der Waals surface area contributed by atoms with Crippen LogP contribution in [0, 0.1) is 5.82 Å². The first-order valence-corrected chi connectivity index (χ1v) is 12.7. The number of morpholine rings is 1. The van der Waals surface area contributed by atoms with E-state index in [-0.39, 0.29) is 17.0 Å². The molecule has 0 spiro atoms. The van der Waals surface area contributed by atoms with E-state index in [0.717, 1.165) is 64.0 Å². The number of rotatable bonds is 6. The van der Waals surface area contributed by atoms with Crippen molar-refractivity contribution in [2.75, 3.05) is 36.5 Å². The van der Waals surface area contributed by atoms with Crippen LogP contribution in [0.4, 0.5) is 15.8 Å². The summed E-state index contributed by atoms with van der Waals surface area (Å²) in [4.78, 5) is 24.9. The molecule has 174 valence electrons. The number of thiophene rings is 1. The van der Waals surface area contributed by atoms with Gasteiger partial charge in [-0.05, 0) is 48.9 Å². The van der Waals surface area contributed by atoms with Crippen molar-refractivity contribution in [2.24, 2.45) is 0 Å². The van der Waals surface area contributed by atoms with E-state index in [2.05, 4.69) is 20.2 Å². The third kappa shape index (κ3) is 4.91. The smallest absolute Gasteiger partial charge is 0.237 e. The number of fused-ring (bicyclic) bond motifs is 1. The summed E-state index contributed by atoms with van der Waals surface area (Å²) in [5.41, 5.74) is 3.71. The third-order valence-electron chi connectivity index (χ3n) is 5.66. The first-order valence-electron chi connectivity index (χ1n) is 11.0. The lowest BCUT2D eigenvalue weighted by atomic mass is 10.1. The van der Waals surface area contributed by atoms with Crippen molar-refractivity contribution in [3.05, 3.63) is 66.1 Å². The number of hydrogen-bond donors (Lipinski definition) is 1. The molecule has 4 aromatic rings. The van der Waals surface area contributed by atoms with Crippen molar-refractivity contribution in [1.29, 1.82) is 0 Å². The SMILES string of the molecule is C[C@H](Sc1ncnc2scc(-c3ccc(F)cc3)c12)C(=O)Nc1ccc(N2CCOCC2)cc1. The Morgan fingerprint density at radius 1 is 1.12 bits per heavy atom. The molecule has 3 heterocycles. The number of carbonyl (C=O) groups is 1. The molecule has 0 radical (unpaired) electrons. The van der Waals surface area contributed by atoms with Gasteiger partial charge < -0.3 is 15.0 Å². The molecule has 0 saturated carbocycles. The first-order chi connectivity index (χ1) is 16.6. The second-order valence-corrected chi connectivity index (χ2v) is 10.1. The van der Waals surface area contributed by atoms with Crippen molar-refractivity contribution in [3.63, 3.8) is 0 Å². The molecule has 1 aliphatic heterocycles. The van der Waals surface area contributed by atoms with Crippen molar-refractivity contribution in [1.82, 2.24) is 9.97 Å². The maximum absolute atomic E-state index is 13.4. The van der Waals surface area contributed by atoms with Gasteiger partial charge in [-0.1, -0.05) is 23.9 Å². The second kappa shape index (κ2) is 10.1. The normalized spacial score (nSPS) is 14.8. The topological polar surface area (TPSA) is 67.4 Å². The van der Waals surface area contributed by atoms with E-state index in [1.807, 2.05) is 36.6 Å². The van der Waals surface area contributed by atoms with Gasteiger partial charge in [0.25, 0.3) is 0 Å². The van der Waals surface area contributed by atoms with Crippen LogP contribution in [0.15, 0.2) is 65.3 Å². The zero-order valence-corrected chi connectivity index (χ0v) is 20.2. The van der Waals surface area contributed by atoms with Gasteiger partial charge in [0.15, 0.2) is 0 Å². The minimum Gasteiger partial charge on any atom is -0.378 e. The van der Waals surface area contributed by atoms with Crippen LogP contribution < -0.4 is 10.2 Å². The highest BCUT2D eigenvalue weighted by Gasteiger charge is 2.20. The minimum absolute atomic E-state index is 0.102. The highest BCUT2D eigenvalue weighted by Crippen LogP contribution is 2.39. The predicted molar refractivity (Wildman–Crippen MR) is 136 cm³/mol. The Hall–Kier alpha value is -3.01. The van der Waals surface area contributed by atoms with Gasteiger partial charge in [0.1, 0.15) is 22.0 Å². The summed E-state index contributed by atoms with van der Waals surface area (Å²) in [5.74, 6) is -0.383. The molecule has 1 fully saturated rings. The number of benzene rings is 2. The Balaban J connectivity index is 1.30. The number of thioether (sulfide) groups is 1. The Kier molecular flexibility index (Phi) is 6.75. The van der Waals surface area contributed by atoms with Crippen molar-refractivity contribution in [3.8, 4) is 11.1 Å². The van der Waals surface area contributed by atoms with Gasteiger partial charge in [-0.15, -0.1) is 11.3 Å². The number of hydrogen-bond acceptors (Lipinski definition) is 7. The monoisotopic (exact) mass is 494 g/mol. The van der Waals surface area contributed by atoms with Crippen molar-refractivity contribution < 1.29 is 13.9 Å². The van der Waals surface area contributed by atoms with Crippen LogP contribution in [0.5, 0.6) is 0 Å². The second-order valence-electron chi connectivity index (χ2n) is 7.91. The van der Waals surface area contributed by atoms with Crippen molar-refractivity contribution in [2.45, 2.75) is 17.2 Å². The van der Waals surface area contributed by atoms with Crippen LogP contribution in [0.2, 0.25) is 0 Å². The molecule has 1 amide bonds. The fourth-order valence-corrected chi connectivity index (χ4v) is 5.73. The molecule has 1 saturated heterocycles. The standard InChI is InChI=1S/C25H23FN4O2S2/c1-16(23(31)29-19-6-8-20(9-7-19)30-10-12-32-13-11-30)34-25-22-21(14-33-24(22)27-15-28-25)17-2-4-18(26)5-3-17/h2-9,14-16H,10-13H2,1H3,(H,29,31)/t16-/m0/s1. The van der Waals surface area contributed by atoms with Gasteiger partial charge in [-0.25, -0.2) is 14.4 Å². The maximum Gasteiger partial charge on any atom is 0.237 e. The summed E-state index contributed by atoms with van der Waals surface area (Å²) < 4.78 is 18.8. The molecule has 34 heavy (non-hydrogen) atoms. The molecular formula is C25H23FN4O2S2. The third-order valence-corrected chi connectivity index (χ3v) is 7.65. The minimum atomic E-state index is -0.377. The lowest BCUT2D eigenvalue weighted by Crippen LogP contribution is -2.36. The fourth-order valence-electron chi connectivity index (χ4n) is 3.82. The largest absolute Gasteiger partial charge is 0.378 e. The lowest BCUT2D eigenvalue weighted by Gasteiger charge is -2.28. The number of nitrogens with zero attached hydrogens (tertiary/aromatic N) is 3. The molecule has 2 aromatic carbocycles. The molecule has 0 bridgehead atoms. The average Bonchev–Trinajstić information content (AvgIpc) is 3.31. The van der Waals surface area contributed by atoms with Crippen molar-refractivity contribution >= 4 is 50.6 Å². The van der Waals surface area contributed by atoms with E-state index in [1.54, 1.807) is 12.1 Å². The average molecular weight is 495 g/mol. The predicted octanol–water partition coefficient (Wildman–Crippen LogP) is 5.45. The number of anilines is 2. The summed E-state index contributed by atoms with van der Waals surface area (Å²) >= 11 is 2.90. The van der Waals surface area contributed by atoms with Crippen LogP contribution in [0.1, 0.15) is 6.92 Å². The van der Waals surface area contributed by atoms with Crippen LogP contribution in [-0.2, 0) is 9.53 Å². The number of ether oxygens (including phenoxy) is 1. The van der Waals surface area contributed by atoms with E-state index < -0.39 is 0 Å². The summed E-state index contributed by atoms with van der Waals surface area (Å²) in [6.07, 6.45) is 1.52. The molecule has 1 N–H and O–H groups in total. The highest BCUT2D eigenvalue weighted by atomic mass is 32.2.